The second-order valence-electron chi connectivity index (χ2n) is 7.67. The van der Waals surface area contributed by atoms with Crippen molar-refractivity contribution in [1.82, 2.24) is 10.7 Å². The van der Waals surface area contributed by atoms with Crippen LogP contribution in [-0.4, -0.2) is 41.7 Å². The first-order chi connectivity index (χ1) is 16.0. The number of anilines is 1. The van der Waals surface area contributed by atoms with E-state index in [2.05, 4.69) is 21.2 Å². The van der Waals surface area contributed by atoms with Crippen LogP contribution >= 0.6 is 0 Å². The lowest BCUT2D eigenvalue weighted by atomic mass is 9.95. The van der Waals surface area contributed by atoms with Gasteiger partial charge in [-0.1, -0.05) is 31.4 Å². The molecule has 1 aliphatic rings. The molecule has 4 N–H and O–H groups in total. The molecule has 0 radical (unpaired) electrons. The molecule has 0 bridgehead atoms. The van der Waals surface area contributed by atoms with E-state index >= 15 is 0 Å². The number of phenolic OH excluding ortho intramolecular Hbond substituents is 1. The number of amides is 3. The highest BCUT2D eigenvalue weighted by atomic mass is 16.5. The van der Waals surface area contributed by atoms with Crippen molar-refractivity contribution in [3.05, 3.63) is 53.6 Å². The van der Waals surface area contributed by atoms with Crippen LogP contribution in [0.5, 0.6) is 11.5 Å². The SMILES string of the molecule is CCOc1cc(/C=N\NC(=O)C(=O)Nc2ccccc2C(=O)NC2CCCCC2)ccc1O. The molecule has 0 heterocycles. The first-order valence-electron chi connectivity index (χ1n) is 11.0. The number of nitrogens with one attached hydrogen (secondary N) is 3. The molecule has 0 unspecified atom stereocenters. The third-order valence-corrected chi connectivity index (χ3v) is 5.23. The minimum Gasteiger partial charge on any atom is -0.504 e. The van der Waals surface area contributed by atoms with Gasteiger partial charge in [0.15, 0.2) is 11.5 Å². The molecule has 174 valence electrons. The number of rotatable bonds is 7. The lowest BCUT2D eigenvalue weighted by Gasteiger charge is -2.23. The zero-order valence-electron chi connectivity index (χ0n) is 18.5. The number of hydrazone groups is 1. The van der Waals surface area contributed by atoms with Gasteiger partial charge in [-0.3, -0.25) is 14.4 Å². The summed E-state index contributed by atoms with van der Waals surface area (Å²) in [6, 6.07) is 11.2. The van der Waals surface area contributed by atoms with Gasteiger partial charge in [-0.2, -0.15) is 5.10 Å². The molecule has 0 spiro atoms. The molecule has 1 fully saturated rings. The first kappa shape index (κ1) is 23.8. The van der Waals surface area contributed by atoms with Crippen LogP contribution in [0.3, 0.4) is 0 Å². The predicted molar refractivity (Wildman–Crippen MR) is 124 cm³/mol. The van der Waals surface area contributed by atoms with E-state index < -0.39 is 11.8 Å². The van der Waals surface area contributed by atoms with Gasteiger partial charge in [0, 0.05) is 6.04 Å². The van der Waals surface area contributed by atoms with E-state index in [1.54, 1.807) is 43.3 Å². The highest BCUT2D eigenvalue weighted by Gasteiger charge is 2.20. The number of hydrogen-bond donors (Lipinski definition) is 4. The molecule has 2 aromatic carbocycles. The third kappa shape index (κ3) is 6.80. The Hall–Kier alpha value is -3.88. The molecular weight excluding hydrogens is 424 g/mol. The van der Waals surface area contributed by atoms with Crippen LogP contribution in [-0.2, 0) is 9.59 Å². The van der Waals surface area contributed by atoms with Crippen molar-refractivity contribution in [2.45, 2.75) is 45.1 Å². The van der Waals surface area contributed by atoms with Crippen LogP contribution in [0.2, 0.25) is 0 Å². The topological polar surface area (TPSA) is 129 Å². The van der Waals surface area contributed by atoms with E-state index in [9.17, 15) is 19.5 Å². The number of nitrogens with zero attached hydrogens (tertiary/aromatic N) is 1. The molecule has 0 saturated heterocycles. The summed E-state index contributed by atoms with van der Waals surface area (Å²) in [4.78, 5) is 37.2. The van der Waals surface area contributed by atoms with E-state index in [1.807, 2.05) is 0 Å². The van der Waals surface area contributed by atoms with Gasteiger partial charge in [-0.05, 0) is 55.7 Å². The van der Waals surface area contributed by atoms with Gasteiger partial charge >= 0.3 is 11.8 Å². The molecule has 0 atom stereocenters. The molecule has 0 aliphatic heterocycles. The summed E-state index contributed by atoms with van der Waals surface area (Å²) in [6.45, 7) is 2.17. The third-order valence-electron chi connectivity index (χ3n) is 5.23. The van der Waals surface area contributed by atoms with Crippen molar-refractivity contribution in [1.29, 1.82) is 0 Å². The fraction of sp³-hybridized carbons (Fsp3) is 0.333. The number of carbonyl (C=O) groups is 3. The number of benzene rings is 2. The second-order valence-corrected chi connectivity index (χ2v) is 7.67. The Balaban J connectivity index is 1.58. The first-order valence-corrected chi connectivity index (χ1v) is 11.0. The van der Waals surface area contributed by atoms with Gasteiger partial charge in [0.2, 0.25) is 0 Å². The molecule has 3 rings (SSSR count). The minimum atomic E-state index is -0.988. The monoisotopic (exact) mass is 452 g/mol. The van der Waals surface area contributed by atoms with Crippen molar-refractivity contribution in [3.63, 3.8) is 0 Å². The van der Waals surface area contributed by atoms with Crippen molar-refractivity contribution < 1.29 is 24.2 Å². The van der Waals surface area contributed by atoms with E-state index in [0.29, 0.717) is 17.7 Å². The summed E-state index contributed by atoms with van der Waals surface area (Å²) in [6.07, 6.45) is 6.54. The maximum absolute atomic E-state index is 12.7. The maximum Gasteiger partial charge on any atom is 0.329 e. The summed E-state index contributed by atoms with van der Waals surface area (Å²) in [7, 11) is 0. The summed E-state index contributed by atoms with van der Waals surface area (Å²) in [5, 5.41) is 19.0. The Labute approximate surface area is 192 Å². The van der Waals surface area contributed by atoms with Crippen molar-refractivity contribution in [2.24, 2.45) is 5.10 Å². The second kappa shape index (κ2) is 11.7. The number of carbonyl (C=O) groups excluding carboxylic acids is 3. The quantitative estimate of drug-likeness (QED) is 0.292. The summed E-state index contributed by atoms with van der Waals surface area (Å²) in [5.41, 5.74) is 3.24. The maximum atomic E-state index is 12.7. The van der Waals surface area contributed by atoms with Gasteiger partial charge in [-0.15, -0.1) is 0 Å². The van der Waals surface area contributed by atoms with Crippen LogP contribution in [0.25, 0.3) is 0 Å². The zero-order chi connectivity index (χ0) is 23.6. The number of phenols is 1. The van der Waals surface area contributed by atoms with Crippen LogP contribution in [0.15, 0.2) is 47.6 Å². The predicted octanol–water partition coefficient (Wildman–Crippen LogP) is 2.94. The number of hydrogen-bond acceptors (Lipinski definition) is 6. The van der Waals surface area contributed by atoms with Gasteiger partial charge < -0.3 is 20.5 Å². The van der Waals surface area contributed by atoms with Crippen molar-refractivity contribution in [2.75, 3.05) is 11.9 Å². The minimum absolute atomic E-state index is 0.0106. The van der Waals surface area contributed by atoms with Crippen molar-refractivity contribution in [3.8, 4) is 11.5 Å². The summed E-state index contributed by atoms with van der Waals surface area (Å²) in [5.74, 6) is -1.95. The van der Waals surface area contributed by atoms with Gasteiger partial charge in [0.1, 0.15) is 0 Å². The Morgan fingerprint density at radius 3 is 2.61 bits per heavy atom. The summed E-state index contributed by atoms with van der Waals surface area (Å²) < 4.78 is 5.29. The fourth-order valence-electron chi connectivity index (χ4n) is 3.58. The van der Waals surface area contributed by atoms with E-state index in [4.69, 9.17) is 4.74 Å². The summed E-state index contributed by atoms with van der Waals surface area (Å²) >= 11 is 0. The highest BCUT2D eigenvalue weighted by molar-refractivity contribution is 6.40. The highest BCUT2D eigenvalue weighted by Crippen LogP contribution is 2.26. The molecule has 9 heteroatoms. The normalized spacial score (nSPS) is 14.0. The smallest absolute Gasteiger partial charge is 0.329 e. The van der Waals surface area contributed by atoms with E-state index in [0.717, 1.165) is 25.7 Å². The number of ether oxygens (including phenoxy) is 1. The Kier molecular flexibility index (Phi) is 8.40. The van der Waals surface area contributed by atoms with Crippen molar-refractivity contribution >= 4 is 29.6 Å². The average Bonchev–Trinajstić information content (AvgIpc) is 2.82. The molecule has 0 aromatic heterocycles. The van der Waals surface area contributed by atoms with E-state index in [1.165, 1.54) is 18.7 Å². The lowest BCUT2D eigenvalue weighted by molar-refractivity contribution is -0.136. The van der Waals surface area contributed by atoms with Crippen LogP contribution in [0.4, 0.5) is 5.69 Å². The zero-order valence-corrected chi connectivity index (χ0v) is 18.5. The molecule has 9 nitrogen and oxygen atoms in total. The largest absolute Gasteiger partial charge is 0.504 e. The molecule has 1 saturated carbocycles. The van der Waals surface area contributed by atoms with Crippen LogP contribution < -0.4 is 20.8 Å². The number of aromatic hydroxyl groups is 1. The molecule has 1 aliphatic carbocycles. The standard InChI is InChI=1S/C24H28N4O5/c1-2-33-21-14-16(12-13-20(21)29)15-25-28-24(32)23(31)27-19-11-7-6-10-18(19)22(30)26-17-8-4-3-5-9-17/h6-7,10-15,17,29H,2-5,8-9H2,1H3,(H,26,30)(H,27,31)(H,28,32)/b25-15-. The van der Waals surface area contributed by atoms with Gasteiger partial charge in [0.25, 0.3) is 5.91 Å². The Morgan fingerprint density at radius 1 is 1.09 bits per heavy atom. The Bertz CT molecular complexity index is 1030. The fourth-order valence-corrected chi connectivity index (χ4v) is 3.58. The van der Waals surface area contributed by atoms with Gasteiger partial charge in [-0.25, -0.2) is 5.43 Å². The molecule has 33 heavy (non-hydrogen) atoms. The molecule has 3 amide bonds. The number of para-hydroxylation sites is 1. The van der Waals surface area contributed by atoms with Crippen LogP contribution in [0.1, 0.15) is 54.9 Å². The van der Waals surface area contributed by atoms with E-state index in [-0.39, 0.29) is 29.1 Å². The molecular formula is C24H28N4O5. The lowest BCUT2D eigenvalue weighted by Crippen LogP contribution is -2.37. The average molecular weight is 453 g/mol. The van der Waals surface area contributed by atoms with Crippen LogP contribution in [0, 0.1) is 0 Å². The molecule has 2 aromatic rings. The Morgan fingerprint density at radius 2 is 1.85 bits per heavy atom. The van der Waals surface area contributed by atoms with Gasteiger partial charge in [0.05, 0.1) is 24.1 Å².